The molecule has 0 saturated heterocycles. The number of nitrogens with one attached hydrogen (secondary N) is 2. The van der Waals surface area contributed by atoms with Crippen LogP contribution in [0.2, 0.25) is 0 Å². The summed E-state index contributed by atoms with van der Waals surface area (Å²) in [5.74, 6) is -0.0413. The zero-order chi connectivity index (χ0) is 24.0. The summed E-state index contributed by atoms with van der Waals surface area (Å²) in [5, 5.41) is 13.4. The molecule has 0 radical (unpaired) electrons. The van der Waals surface area contributed by atoms with Crippen molar-refractivity contribution in [2.75, 3.05) is 23.8 Å². The molecule has 0 unspecified atom stereocenters. The number of non-ortho nitro benzene ring substituents is 1. The van der Waals surface area contributed by atoms with Crippen molar-refractivity contribution in [3.8, 4) is 11.5 Å². The van der Waals surface area contributed by atoms with Gasteiger partial charge in [-0.05, 0) is 42.8 Å². The summed E-state index contributed by atoms with van der Waals surface area (Å²) >= 11 is 0. The minimum atomic E-state index is -3.98. The van der Waals surface area contributed by atoms with Crippen LogP contribution in [0, 0.1) is 17.0 Å². The van der Waals surface area contributed by atoms with Gasteiger partial charge in [-0.15, -0.1) is 0 Å². The molecule has 0 aliphatic heterocycles. The second-order valence-electron chi connectivity index (χ2n) is 6.88. The van der Waals surface area contributed by atoms with Gasteiger partial charge in [0.15, 0.2) is 6.61 Å². The highest BCUT2D eigenvalue weighted by Crippen LogP contribution is 2.28. The number of nitro benzene ring substituents is 1. The van der Waals surface area contributed by atoms with Crippen molar-refractivity contribution in [3.63, 3.8) is 0 Å². The van der Waals surface area contributed by atoms with Gasteiger partial charge in [0, 0.05) is 11.8 Å². The molecule has 172 valence electrons. The molecule has 3 rings (SSSR count). The number of anilines is 2. The van der Waals surface area contributed by atoms with Crippen LogP contribution in [0.15, 0.2) is 71.6 Å². The van der Waals surface area contributed by atoms with Crippen LogP contribution >= 0.6 is 0 Å². The number of para-hydroxylation sites is 2. The maximum absolute atomic E-state index is 13.0. The number of ether oxygens (including phenoxy) is 2. The van der Waals surface area contributed by atoms with Crippen LogP contribution in [0.1, 0.15) is 5.56 Å². The molecule has 0 aliphatic rings. The van der Waals surface area contributed by atoms with Gasteiger partial charge in [-0.2, -0.15) is 0 Å². The topological polar surface area (TPSA) is 137 Å². The van der Waals surface area contributed by atoms with E-state index in [-0.39, 0.29) is 27.7 Å². The molecule has 0 fully saturated rings. The number of hydrogen-bond donors (Lipinski definition) is 2. The lowest BCUT2D eigenvalue weighted by atomic mass is 10.2. The fourth-order valence-electron chi connectivity index (χ4n) is 2.93. The number of amides is 1. The first-order valence-corrected chi connectivity index (χ1v) is 11.1. The van der Waals surface area contributed by atoms with Gasteiger partial charge < -0.3 is 14.8 Å². The quantitative estimate of drug-likeness (QED) is 0.358. The van der Waals surface area contributed by atoms with Crippen LogP contribution in [-0.2, 0) is 14.8 Å². The summed E-state index contributed by atoms with van der Waals surface area (Å²) < 4.78 is 38.9. The normalized spacial score (nSPS) is 10.8. The number of aryl methyl sites for hydroxylation is 1. The summed E-state index contributed by atoms with van der Waals surface area (Å²) in [4.78, 5) is 22.5. The Morgan fingerprint density at radius 1 is 1.06 bits per heavy atom. The molecule has 33 heavy (non-hydrogen) atoms. The molecule has 0 aromatic heterocycles. The van der Waals surface area contributed by atoms with E-state index in [9.17, 15) is 23.3 Å². The van der Waals surface area contributed by atoms with E-state index >= 15 is 0 Å². The van der Waals surface area contributed by atoms with Crippen molar-refractivity contribution in [2.24, 2.45) is 0 Å². The first-order valence-electron chi connectivity index (χ1n) is 9.63. The van der Waals surface area contributed by atoms with Crippen LogP contribution in [0.25, 0.3) is 0 Å². The molecule has 0 atom stereocenters. The van der Waals surface area contributed by atoms with Crippen molar-refractivity contribution in [2.45, 2.75) is 11.8 Å². The second kappa shape index (κ2) is 10.0. The summed E-state index contributed by atoms with van der Waals surface area (Å²) in [7, 11) is -2.54. The number of benzene rings is 3. The third kappa shape index (κ3) is 5.98. The average molecular weight is 471 g/mol. The van der Waals surface area contributed by atoms with Crippen LogP contribution in [-0.4, -0.2) is 33.0 Å². The van der Waals surface area contributed by atoms with Crippen molar-refractivity contribution in [3.05, 3.63) is 82.4 Å². The van der Waals surface area contributed by atoms with E-state index in [1.54, 1.807) is 43.3 Å². The molecule has 0 bridgehead atoms. The maximum atomic E-state index is 13.0. The van der Waals surface area contributed by atoms with Gasteiger partial charge in [-0.3, -0.25) is 19.6 Å². The second-order valence-corrected chi connectivity index (χ2v) is 8.53. The highest BCUT2D eigenvalue weighted by molar-refractivity contribution is 7.92. The molecule has 2 N–H and O–H groups in total. The fourth-order valence-corrected chi connectivity index (χ4v) is 4.27. The van der Waals surface area contributed by atoms with Gasteiger partial charge in [0.1, 0.15) is 11.5 Å². The third-order valence-corrected chi connectivity index (χ3v) is 6.02. The van der Waals surface area contributed by atoms with Crippen molar-refractivity contribution >= 4 is 33.0 Å². The Bertz CT molecular complexity index is 1290. The first kappa shape index (κ1) is 23.5. The third-order valence-electron chi connectivity index (χ3n) is 4.51. The zero-order valence-corrected chi connectivity index (χ0v) is 18.6. The minimum Gasteiger partial charge on any atom is -0.495 e. The van der Waals surface area contributed by atoms with E-state index in [1.165, 1.54) is 37.4 Å². The van der Waals surface area contributed by atoms with Gasteiger partial charge in [0.2, 0.25) is 0 Å². The predicted molar refractivity (Wildman–Crippen MR) is 122 cm³/mol. The molecule has 3 aromatic rings. The number of sulfonamides is 1. The lowest BCUT2D eigenvalue weighted by molar-refractivity contribution is -0.384. The Balaban J connectivity index is 1.72. The Hall–Kier alpha value is -4.12. The molecule has 0 aliphatic carbocycles. The van der Waals surface area contributed by atoms with Crippen molar-refractivity contribution < 1.29 is 27.6 Å². The molecule has 11 heteroatoms. The van der Waals surface area contributed by atoms with E-state index in [2.05, 4.69) is 10.0 Å². The number of carbonyl (C=O) groups is 1. The highest BCUT2D eigenvalue weighted by Gasteiger charge is 2.20. The average Bonchev–Trinajstić information content (AvgIpc) is 2.79. The highest BCUT2D eigenvalue weighted by atomic mass is 32.2. The summed E-state index contributed by atoms with van der Waals surface area (Å²) in [6, 6.07) is 16.5. The van der Waals surface area contributed by atoms with Gasteiger partial charge in [0.05, 0.1) is 28.7 Å². The lowest BCUT2D eigenvalue weighted by Crippen LogP contribution is -2.21. The summed E-state index contributed by atoms with van der Waals surface area (Å²) in [6.07, 6.45) is 0. The number of nitro groups is 1. The Morgan fingerprint density at radius 3 is 2.55 bits per heavy atom. The van der Waals surface area contributed by atoms with Gasteiger partial charge in [-0.1, -0.05) is 24.3 Å². The van der Waals surface area contributed by atoms with Gasteiger partial charge in [0.25, 0.3) is 21.6 Å². The number of hydrogen-bond acceptors (Lipinski definition) is 7. The minimum absolute atomic E-state index is 0.0224. The van der Waals surface area contributed by atoms with Gasteiger partial charge in [-0.25, -0.2) is 8.42 Å². The fraction of sp³-hybridized carbons (Fsp3) is 0.136. The van der Waals surface area contributed by atoms with E-state index in [0.29, 0.717) is 11.3 Å². The van der Waals surface area contributed by atoms with Crippen LogP contribution < -0.4 is 19.5 Å². The van der Waals surface area contributed by atoms with Crippen molar-refractivity contribution in [1.82, 2.24) is 0 Å². The molecular formula is C22H21N3O7S. The molecule has 3 aromatic carbocycles. The smallest absolute Gasteiger partial charge is 0.273 e. The van der Waals surface area contributed by atoms with Crippen LogP contribution in [0.3, 0.4) is 0 Å². The van der Waals surface area contributed by atoms with Crippen LogP contribution in [0.4, 0.5) is 17.1 Å². The number of carbonyl (C=O) groups excluding carboxylic acids is 1. The van der Waals surface area contributed by atoms with Crippen molar-refractivity contribution in [1.29, 1.82) is 0 Å². The predicted octanol–water partition coefficient (Wildman–Crippen LogP) is 3.73. The largest absolute Gasteiger partial charge is 0.495 e. The molecule has 0 spiro atoms. The van der Waals surface area contributed by atoms with E-state index in [4.69, 9.17) is 9.47 Å². The molecule has 10 nitrogen and oxygen atoms in total. The van der Waals surface area contributed by atoms with E-state index in [1.807, 2.05) is 0 Å². The van der Waals surface area contributed by atoms with E-state index < -0.39 is 27.5 Å². The molecular weight excluding hydrogens is 450 g/mol. The SMILES string of the molecule is COc1ccccc1NS(=O)(=O)c1cc(NC(=O)COc2cccc([N+](=O)[O-])c2)ccc1C. The molecule has 0 heterocycles. The Kier molecular flexibility index (Phi) is 7.13. The summed E-state index contributed by atoms with van der Waals surface area (Å²) in [5.41, 5.74) is 0.833. The maximum Gasteiger partial charge on any atom is 0.273 e. The number of nitrogens with zero attached hydrogens (tertiary/aromatic N) is 1. The number of methoxy groups -OCH3 is 1. The Morgan fingerprint density at radius 2 is 1.82 bits per heavy atom. The van der Waals surface area contributed by atoms with Crippen LogP contribution in [0.5, 0.6) is 11.5 Å². The monoisotopic (exact) mass is 471 g/mol. The summed E-state index contributed by atoms with van der Waals surface area (Å²) in [6.45, 7) is 1.21. The first-order chi connectivity index (χ1) is 15.7. The molecule has 0 saturated carbocycles. The molecule has 1 amide bonds. The van der Waals surface area contributed by atoms with E-state index in [0.717, 1.165) is 0 Å². The van der Waals surface area contributed by atoms with Gasteiger partial charge >= 0.3 is 0 Å². The number of rotatable bonds is 9. The standard InChI is InChI=1S/C22H21N3O7S/c1-15-10-11-16(23-22(26)14-32-18-7-5-6-17(13-18)25(27)28)12-21(15)33(29,30)24-19-8-3-4-9-20(19)31-2/h3-13,24H,14H2,1-2H3,(H,23,26). The zero-order valence-electron chi connectivity index (χ0n) is 17.8. The Labute approximate surface area is 190 Å². The lowest BCUT2D eigenvalue weighted by Gasteiger charge is -2.14.